The third-order valence-electron chi connectivity index (χ3n) is 5.16. The number of amides is 1. The molecule has 1 aromatic heterocycles. The predicted octanol–water partition coefficient (Wildman–Crippen LogP) is 5.08. The molecule has 4 nitrogen and oxygen atoms in total. The normalized spacial score (nSPS) is 12.0. The largest absolute Gasteiger partial charge is 0.349 e. The van der Waals surface area contributed by atoms with Crippen molar-refractivity contribution in [2.45, 2.75) is 52.5 Å². The van der Waals surface area contributed by atoms with Crippen LogP contribution >= 0.6 is 0 Å². The Morgan fingerprint density at radius 2 is 1.68 bits per heavy atom. The number of carbonyl (C=O) groups excluding carboxylic acids is 1. The molecule has 2 aromatic carbocycles. The van der Waals surface area contributed by atoms with Crippen LogP contribution in [-0.2, 0) is 11.2 Å². The summed E-state index contributed by atoms with van der Waals surface area (Å²) in [6, 6.07) is 20.4. The molecule has 0 saturated carbocycles. The first-order valence-electron chi connectivity index (χ1n) is 10.0. The van der Waals surface area contributed by atoms with E-state index in [4.69, 9.17) is 0 Å². The molecule has 0 bridgehead atoms. The van der Waals surface area contributed by atoms with Crippen molar-refractivity contribution in [2.24, 2.45) is 0 Å². The molecule has 3 rings (SSSR count). The fourth-order valence-electron chi connectivity index (χ4n) is 3.66. The maximum Gasteiger partial charge on any atom is 0.220 e. The van der Waals surface area contributed by atoms with Gasteiger partial charge in [-0.2, -0.15) is 5.10 Å². The Kier molecular flexibility index (Phi) is 6.64. The Balaban J connectivity index is 1.67. The van der Waals surface area contributed by atoms with Crippen LogP contribution in [0, 0.1) is 13.8 Å². The van der Waals surface area contributed by atoms with Crippen molar-refractivity contribution in [3.63, 3.8) is 0 Å². The lowest BCUT2D eigenvalue weighted by molar-refractivity contribution is -0.121. The van der Waals surface area contributed by atoms with Gasteiger partial charge in [0.2, 0.25) is 5.91 Å². The van der Waals surface area contributed by atoms with E-state index in [0.29, 0.717) is 12.8 Å². The molecule has 1 atom stereocenters. The van der Waals surface area contributed by atoms with E-state index in [9.17, 15) is 4.79 Å². The van der Waals surface area contributed by atoms with Crippen LogP contribution < -0.4 is 5.32 Å². The summed E-state index contributed by atoms with van der Waals surface area (Å²) in [5, 5.41) is 7.90. The van der Waals surface area contributed by atoms with Crippen LogP contribution in [-0.4, -0.2) is 15.7 Å². The first-order valence-corrected chi connectivity index (χ1v) is 10.0. The van der Waals surface area contributed by atoms with Crippen molar-refractivity contribution >= 4 is 5.91 Å². The summed E-state index contributed by atoms with van der Waals surface area (Å²) in [5.41, 5.74) is 5.46. The summed E-state index contributed by atoms with van der Waals surface area (Å²) in [6.45, 7) is 6.24. The molecule has 1 heterocycles. The van der Waals surface area contributed by atoms with E-state index in [2.05, 4.69) is 36.4 Å². The van der Waals surface area contributed by atoms with Crippen LogP contribution in [0.25, 0.3) is 5.69 Å². The molecule has 0 fully saturated rings. The van der Waals surface area contributed by atoms with E-state index in [-0.39, 0.29) is 11.9 Å². The topological polar surface area (TPSA) is 46.9 Å². The van der Waals surface area contributed by atoms with Gasteiger partial charge in [-0.05, 0) is 49.9 Å². The van der Waals surface area contributed by atoms with Gasteiger partial charge in [0.25, 0.3) is 0 Å². The summed E-state index contributed by atoms with van der Waals surface area (Å²) in [6.07, 6.45) is 3.14. The molecule has 1 amide bonds. The Morgan fingerprint density at radius 3 is 2.32 bits per heavy atom. The van der Waals surface area contributed by atoms with Gasteiger partial charge in [-0.25, -0.2) is 4.68 Å². The summed E-state index contributed by atoms with van der Waals surface area (Å²) >= 11 is 0. The van der Waals surface area contributed by atoms with Crippen LogP contribution in [0.4, 0.5) is 0 Å². The lowest BCUT2D eigenvalue weighted by atomic mass is 10.0. The zero-order valence-corrected chi connectivity index (χ0v) is 17.0. The summed E-state index contributed by atoms with van der Waals surface area (Å²) in [4.78, 5) is 12.6. The minimum absolute atomic E-state index is 0.0768. The SMILES string of the molecule is CCCC(NC(=O)CCc1c(C)nn(-c2ccccc2)c1C)c1ccccc1. The minimum atomic E-state index is 0.0768. The van der Waals surface area contributed by atoms with Gasteiger partial charge in [0.15, 0.2) is 0 Å². The molecule has 28 heavy (non-hydrogen) atoms. The highest BCUT2D eigenvalue weighted by Gasteiger charge is 2.17. The van der Waals surface area contributed by atoms with Crippen molar-refractivity contribution in [3.05, 3.63) is 83.2 Å². The van der Waals surface area contributed by atoms with Gasteiger partial charge >= 0.3 is 0 Å². The van der Waals surface area contributed by atoms with Gasteiger partial charge in [-0.1, -0.05) is 61.9 Å². The second-order valence-corrected chi connectivity index (χ2v) is 7.22. The van der Waals surface area contributed by atoms with Crippen LogP contribution in [0.3, 0.4) is 0 Å². The van der Waals surface area contributed by atoms with E-state index in [1.807, 2.05) is 60.1 Å². The quantitative estimate of drug-likeness (QED) is 0.597. The van der Waals surface area contributed by atoms with Crippen LogP contribution in [0.1, 0.15) is 54.7 Å². The molecule has 3 aromatic rings. The standard InChI is InChI=1S/C24H29N3O/c1-4-11-23(20-12-7-5-8-13-20)25-24(28)17-16-22-18(2)26-27(19(22)3)21-14-9-6-10-15-21/h5-10,12-15,23H,4,11,16-17H2,1-3H3,(H,25,28). The highest BCUT2D eigenvalue weighted by atomic mass is 16.1. The van der Waals surface area contributed by atoms with Gasteiger partial charge in [0.05, 0.1) is 17.4 Å². The van der Waals surface area contributed by atoms with Gasteiger partial charge in [-0.3, -0.25) is 4.79 Å². The monoisotopic (exact) mass is 375 g/mol. The number of carbonyl (C=O) groups is 1. The van der Waals surface area contributed by atoms with Gasteiger partial charge in [-0.15, -0.1) is 0 Å². The number of benzene rings is 2. The molecule has 0 aliphatic rings. The number of hydrogen-bond acceptors (Lipinski definition) is 2. The fraction of sp³-hybridized carbons (Fsp3) is 0.333. The highest BCUT2D eigenvalue weighted by Crippen LogP contribution is 2.21. The highest BCUT2D eigenvalue weighted by molar-refractivity contribution is 5.76. The Morgan fingerprint density at radius 1 is 1.04 bits per heavy atom. The van der Waals surface area contributed by atoms with Crippen LogP contribution in [0.5, 0.6) is 0 Å². The van der Waals surface area contributed by atoms with E-state index in [0.717, 1.165) is 35.5 Å². The molecule has 0 saturated heterocycles. The molecular formula is C24H29N3O. The summed E-state index contributed by atoms with van der Waals surface area (Å²) < 4.78 is 1.96. The zero-order chi connectivity index (χ0) is 19.9. The molecule has 0 aliphatic heterocycles. The number of para-hydroxylation sites is 1. The first kappa shape index (κ1) is 19.9. The average Bonchev–Trinajstić information content (AvgIpc) is 3.01. The smallest absolute Gasteiger partial charge is 0.220 e. The minimum Gasteiger partial charge on any atom is -0.349 e. The molecule has 1 N–H and O–H groups in total. The lowest BCUT2D eigenvalue weighted by Gasteiger charge is -2.18. The molecule has 0 aliphatic carbocycles. The molecule has 0 radical (unpaired) electrons. The number of hydrogen-bond donors (Lipinski definition) is 1. The third kappa shape index (κ3) is 4.69. The van der Waals surface area contributed by atoms with Crippen LogP contribution in [0.15, 0.2) is 60.7 Å². The number of aromatic nitrogens is 2. The Hall–Kier alpha value is -2.88. The number of nitrogens with one attached hydrogen (secondary N) is 1. The predicted molar refractivity (Wildman–Crippen MR) is 114 cm³/mol. The zero-order valence-electron chi connectivity index (χ0n) is 17.0. The number of aryl methyl sites for hydroxylation is 1. The van der Waals surface area contributed by atoms with E-state index in [1.165, 1.54) is 5.56 Å². The first-order chi connectivity index (χ1) is 13.6. The van der Waals surface area contributed by atoms with Crippen molar-refractivity contribution < 1.29 is 4.79 Å². The molecular weight excluding hydrogens is 346 g/mol. The maximum atomic E-state index is 12.6. The number of rotatable bonds is 8. The van der Waals surface area contributed by atoms with Gasteiger partial charge < -0.3 is 5.32 Å². The fourth-order valence-corrected chi connectivity index (χ4v) is 3.66. The molecule has 4 heteroatoms. The van der Waals surface area contributed by atoms with Gasteiger partial charge in [0.1, 0.15) is 0 Å². The van der Waals surface area contributed by atoms with Crippen molar-refractivity contribution in [1.82, 2.24) is 15.1 Å². The third-order valence-corrected chi connectivity index (χ3v) is 5.16. The lowest BCUT2D eigenvalue weighted by Crippen LogP contribution is -2.28. The van der Waals surface area contributed by atoms with E-state index in [1.54, 1.807) is 0 Å². The molecule has 0 spiro atoms. The van der Waals surface area contributed by atoms with E-state index >= 15 is 0 Å². The Bertz CT molecular complexity index is 900. The van der Waals surface area contributed by atoms with Gasteiger partial charge in [0, 0.05) is 12.1 Å². The average molecular weight is 376 g/mol. The second-order valence-electron chi connectivity index (χ2n) is 7.22. The van der Waals surface area contributed by atoms with Crippen molar-refractivity contribution in [2.75, 3.05) is 0 Å². The Labute approximate surface area is 167 Å². The number of nitrogens with zero attached hydrogens (tertiary/aromatic N) is 2. The van der Waals surface area contributed by atoms with E-state index < -0.39 is 0 Å². The molecule has 1 unspecified atom stereocenters. The van der Waals surface area contributed by atoms with Crippen molar-refractivity contribution in [1.29, 1.82) is 0 Å². The summed E-state index contributed by atoms with van der Waals surface area (Å²) in [7, 11) is 0. The van der Waals surface area contributed by atoms with Crippen molar-refractivity contribution in [3.8, 4) is 5.69 Å². The summed E-state index contributed by atoms with van der Waals surface area (Å²) in [5.74, 6) is 0.0913. The maximum absolute atomic E-state index is 12.6. The second kappa shape index (κ2) is 9.36. The van der Waals surface area contributed by atoms with Crippen LogP contribution in [0.2, 0.25) is 0 Å². The molecule has 146 valence electrons.